The number of aromatic nitrogens is 2. The first kappa shape index (κ1) is 25.5. The van der Waals surface area contributed by atoms with Gasteiger partial charge in [0.05, 0.1) is 22.9 Å². The predicted molar refractivity (Wildman–Crippen MR) is 134 cm³/mol. The van der Waals surface area contributed by atoms with Crippen molar-refractivity contribution in [1.82, 2.24) is 19.4 Å². The first-order chi connectivity index (χ1) is 17.2. The van der Waals surface area contributed by atoms with Crippen LogP contribution in [0.2, 0.25) is 0 Å². The lowest BCUT2D eigenvalue weighted by Gasteiger charge is -2.11. The third-order valence-electron chi connectivity index (χ3n) is 5.17. The molecule has 2 aromatic carbocycles. The Labute approximate surface area is 208 Å². The van der Waals surface area contributed by atoms with Crippen molar-refractivity contribution in [2.45, 2.75) is 29.5 Å². The van der Waals surface area contributed by atoms with Crippen LogP contribution in [0, 0.1) is 18.2 Å². The van der Waals surface area contributed by atoms with Crippen LogP contribution in [-0.4, -0.2) is 38.6 Å². The molecule has 0 aliphatic heterocycles. The number of hydrogen-bond donors (Lipinski definition) is 4. The van der Waals surface area contributed by atoms with Crippen molar-refractivity contribution in [2.75, 3.05) is 17.2 Å². The fourth-order valence-electron chi connectivity index (χ4n) is 3.13. The Hall–Kier alpha value is -3.57. The van der Waals surface area contributed by atoms with Gasteiger partial charge in [-0.3, -0.25) is 0 Å². The summed E-state index contributed by atoms with van der Waals surface area (Å²) in [7, 11) is -7.07. The van der Waals surface area contributed by atoms with Gasteiger partial charge in [-0.2, -0.15) is 9.71 Å². The van der Waals surface area contributed by atoms with E-state index in [-0.39, 0.29) is 35.0 Å². The van der Waals surface area contributed by atoms with Crippen molar-refractivity contribution >= 4 is 43.2 Å². The van der Waals surface area contributed by atoms with Crippen LogP contribution in [-0.2, 0) is 26.6 Å². The molecule has 3 aromatic rings. The molecule has 0 unspecified atom stereocenters. The minimum Gasteiger partial charge on any atom is -0.338 e. The highest BCUT2D eigenvalue weighted by atomic mass is 32.2. The van der Waals surface area contributed by atoms with E-state index in [1.807, 2.05) is 0 Å². The summed E-state index contributed by atoms with van der Waals surface area (Å²) in [5, 5.41) is 5.42. The maximum absolute atomic E-state index is 14.3. The predicted octanol–water partition coefficient (Wildman–Crippen LogP) is 2.60. The first-order valence-electron chi connectivity index (χ1n) is 10.8. The van der Waals surface area contributed by atoms with Crippen molar-refractivity contribution in [2.24, 2.45) is 0 Å². The van der Waals surface area contributed by atoms with Crippen LogP contribution in [0.3, 0.4) is 0 Å². The number of nitrogens with zero attached hydrogens (tertiary/aromatic N) is 2. The molecule has 13 heteroatoms. The van der Waals surface area contributed by atoms with E-state index in [9.17, 15) is 21.2 Å². The Morgan fingerprint density at radius 2 is 1.75 bits per heavy atom. The number of halogens is 1. The van der Waals surface area contributed by atoms with Crippen LogP contribution in [0.1, 0.15) is 18.4 Å². The second-order valence-electron chi connectivity index (χ2n) is 7.96. The molecule has 0 atom stereocenters. The van der Waals surface area contributed by atoms with Gasteiger partial charge in [-0.1, -0.05) is 24.1 Å². The topological polar surface area (TPSA) is 142 Å². The van der Waals surface area contributed by atoms with E-state index >= 15 is 0 Å². The lowest BCUT2D eigenvalue weighted by Crippen LogP contribution is -2.26. The monoisotopic (exact) mass is 530 g/mol. The standard InChI is InChI=1S/C23H23FN6O4S2/c1-2-12-26-36(33,34)20-5-3-4-18(13-20)29-23-25-15-21(24)22(30-23)28-17-8-6-16(7-9-17)14-27-35(31,32)19-10-11-19/h1,3-9,13,15,19,26-27H,10-12,14H2,(H2,25,28,29,30). The van der Waals surface area contributed by atoms with Gasteiger partial charge in [-0.15, -0.1) is 6.42 Å². The van der Waals surface area contributed by atoms with Crippen LogP contribution >= 0.6 is 0 Å². The van der Waals surface area contributed by atoms with E-state index in [1.54, 1.807) is 30.3 Å². The first-order valence-corrected chi connectivity index (χ1v) is 13.9. The highest BCUT2D eigenvalue weighted by Gasteiger charge is 2.35. The second kappa shape index (κ2) is 10.6. The van der Waals surface area contributed by atoms with Crippen LogP contribution < -0.4 is 20.1 Å². The Morgan fingerprint density at radius 3 is 2.44 bits per heavy atom. The molecule has 0 radical (unpaired) electrons. The van der Waals surface area contributed by atoms with Gasteiger partial charge in [0.15, 0.2) is 11.6 Å². The van der Waals surface area contributed by atoms with Crippen LogP contribution in [0.5, 0.6) is 0 Å². The molecule has 1 fully saturated rings. The van der Waals surface area contributed by atoms with E-state index in [1.165, 1.54) is 18.2 Å². The molecule has 0 saturated heterocycles. The maximum atomic E-state index is 14.3. The second-order valence-corrected chi connectivity index (χ2v) is 11.8. The minimum atomic E-state index is -3.79. The molecule has 36 heavy (non-hydrogen) atoms. The van der Waals surface area contributed by atoms with Crippen LogP contribution in [0.4, 0.5) is 27.5 Å². The maximum Gasteiger partial charge on any atom is 0.241 e. The van der Waals surface area contributed by atoms with Gasteiger partial charge >= 0.3 is 0 Å². The molecule has 0 amide bonds. The molecule has 10 nitrogen and oxygen atoms in total. The van der Waals surface area contributed by atoms with Gasteiger partial charge in [-0.05, 0) is 48.7 Å². The SMILES string of the molecule is C#CCNS(=O)(=O)c1cccc(Nc2ncc(F)c(Nc3ccc(CNS(=O)(=O)C4CC4)cc3)n2)c1. The van der Waals surface area contributed by atoms with Crippen molar-refractivity contribution < 1.29 is 21.2 Å². The lowest BCUT2D eigenvalue weighted by molar-refractivity contribution is 0.579. The molecule has 4 rings (SSSR count). The number of sulfonamides is 2. The number of benzene rings is 2. The molecule has 4 N–H and O–H groups in total. The highest BCUT2D eigenvalue weighted by molar-refractivity contribution is 7.90. The highest BCUT2D eigenvalue weighted by Crippen LogP contribution is 2.27. The van der Waals surface area contributed by atoms with Gasteiger partial charge in [0, 0.05) is 17.9 Å². The summed E-state index contributed by atoms with van der Waals surface area (Å²) in [6, 6.07) is 12.7. The molecule has 0 spiro atoms. The number of hydrogen-bond acceptors (Lipinski definition) is 8. The number of nitrogens with one attached hydrogen (secondary N) is 4. The van der Waals surface area contributed by atoms with Crippen LogP contribution in [0.25, 0.3) is 0 Å². The quantitative estimate of drug-likeness (QED) is 0.277. The molecule has 1 heterocycles. The van der Waals surface area contributed by atoms with E-state index in [2.05, 4.69) is 36.0 Å². The van der Waals surface area contributed by atoms with Crippen molar-refractivity contribution in [3.05, 3.63) is 66.1 Å². The smallest absolute Gasteiger partial charge is 0.241 e. The summed E-state index contributed by atoms with van der Waals surface area (Å²) >= 11 is 0. The Kier molecular flexibility index (Phi) is 7.51. The molecular weight excluding hydrogens is 507 g/mol. The number of anilines is 4. The van der Waals surface area contributed by atoms with Crippen molar-refractivity contribution in [3.63, 3.8) is 0 Å². The summed E-state index contributed by atoms with van der Waals surface area (Å²) in [5.41, 5.74) is 1.65. The summed E-state index contributed by atoms with van der Waals surface area (Å²) in [5.74, 6) is 1.44. The number of terminal acetylenes is 1. The Balaban J connectivity index is 1.43. The Morgan fingerprint density at radius 1 is 1.00 bits per heavy atom. The summed E-state index contributed by atoms with van der Waals surface area (Å²) in [6.45, 7) is 0.0231. The van der Waals surface area contributed by atoms with Crippen molar-refractivity contribution in [1.29, 1.82) is 0 Å². The summed E-state index contributed by atoms with van der Waals surface area (Å²) in [4.78, 5) is 8.02. The van der Waals surface area contributed by atoms with Crippen LogP contribution in [0.15, 0.2) is 59.6 Å². The fourth-order valence-corrected chi connectivity index (χ4v) is 5.47. The third kappa shape index (κ3) is 6.55. The third-order valence-corrected chi connectivity index (χ3v) is 8.46. The van der Waals surface area contributed by atoms with Gasteiger partial charge in [0.2, 0.25) is 26.0 Å². The van der Waals surface area contributed by atoms with Gasteiger partial charge in [0.25, 0.3) is 0 Å². The van der Waals surface area contributed by atoms with E-state index in [4.69, 9.17) is 6.42 Å². The molecule has 0 bridgehead atoms. The normalized spacial score (nSPS) is 13.7. The summed E-state index contributed by atoms with van der Waals surface area (Å²) in [6.07, 6.45) is 7.47. The molecule has 188 valence electrons. The molecule has 1 aliphatic rings. The Bertz CT molecular complexity index is 1500. The van der Waals surface area contributed by atoms with Gasteiger partial charge in [-0.25, -0.2) is 30.9 Å². The van der Waals surface area contributed by atoms with Gasteiger partial charge < -0.3 is 10.6 Å². The average molecular weight is 531 g/mol. The molecule has 1 aromatic heterocycles. The van der Waals surface area contributed by atoms with E-state index in [0.717, 1.165) is 11.8 Å². The fraction of sp³-hybridized carbons (Fsp3) is 0.217. The zero-order chi connectivity index (χ0) is 25.8. The van der Waals surface area contributed by atoms with Gasteiger partial charge in [0.1, 0.15) is 0 Å². The zero-order valence-electron chi connectivity index (χ0n) is 18.9. The largest absolute Gasteiger partial charge is 0.338 e. The average Bonchev–Trinajstić information content (AvgIpc) is 3.71. The summed E-state index contributed by atoms with van der Waals surface area (Å²) < 4.78 is 67.7. The molecular formula is C23H23FN6O4S2. The molecule has 1 aliphatic carbocycles. The van der Waals surface area contributed by atoms with Crippen molar-refractivity contribution in [3.8, 4) is 12.3 Å². The number of rotatable bonds is 11. The van der Waals surface area contributed by atoms with E-state index in [0.29, 0.717) is 24.2 Å². The lowest BCUT2D eigenvalue weighted by atomic mass is 10.2. The minimum absolute atomic E-state index is 0.0114. The molecule has 1 saturated carbocycles. The van der Waals surface area contributed by atoms with E-state index < -0.39 is 25.9 Å². The zero-order valence-corrected chi connectivity index (χ0v) is 20.5.